The number of halogens is 3. The molecule has 1 heterocycles. The molecule has 0 unspecified atom stereocenters. The zero-order valence-corrected chi connectivity index (χ0v) is 11.2. The van der Waals surface area contributed by atoms with Crippen LogP contribution in [0.2, 0.25) is 0 Å². The standard InChI is InChI=1S/C11H13F3N2O2S/c1-6-5-8(9(10(17)18)7(2)16-6)15-3-4-19-11(12,13)14/h5H,3-4H2,1-2H3,(H,15,16)(H,17,18). The van der Waals surface area contributed by atoms with Crippen molar-refractivity contribution in [2.45, 2.75) is 19.4 Å². The zero-order valence-electron chi connectivity index (χ0n) is 10.3. The number of carboxylic acid groups (broad SMARTS) is 1. The molecule has 0 fully saturated rings. The van der Waals surface area contributed by atoms with E-state index in [2.05, 4.69) is 10.3 Å². The summed E-state index contributed by atoms with van der Waals surface area (Å²) in [5.74, 6) is -1.35. The maximum absolute atomic E-state index is 11.9. The Morgan fingerprint density at radius 2 is 2.11 bits per heavy atom. The molecular formula is C11H13F3N2O2S. The summed E-state index contributed by atoms with van der Waals surface area (Å²) < 4.78 is 35.8. The Labute approximate surface area is 112 Å². The Hall–Kier alpha value is -1.44. The van der Waals surface area contributed by atoms with Crippen LogP contribution in [0.25, 0.3) is 0 Å². The van der Waals surface area contributed by atoms with E-state index >= 15 is 0 Å². The van der Waals surface area contributed by atoms with Gasteiger partial charge < -0.3 is 10.4 Å². The predicted octanol–water partition coefficient (Wildman–Crippen LogP) is 3.06. The number of aromatic carboxylic acids is 1. The molecule has 0 saturated carbocycles. The number of aromatic nitrogens is 1. The summed E-state index contributed by atoms with van der Waals surface area (Å²) in [5.41, 5.74) is -3.06. The average Bonchev–Trinajstić information content (AvgIpc) is 2.21. The Bertz CT molecular complexity index is 478. The first kappa shape index (κ1) is 15.6. The van der Waals surface area contributed by atoms with Crippen molar-refractivity contribution in [3.05, 3.63) is 23.0 Å². The van der Waals surface area contributed by atoms with Gasteiger partial charge in [0.05, 0.1) is 11.4 Å². The highest BCUT2D eigenvalue weighted by Crippen LogP contribution is 2.29. The number of nitrogens with one attached hydrogen (secondary N) is 1. The van der Waals surface area contributed by atoms with Crippen molar-refractivity contribution < 1.29 is 23.1 Å². The van der Waals surface area contributed by atoms with Crippen LogP contribution < -0.4 is 5.32 Å². The molecule has 8 heteroatoms. The highest BCUT2D eigenvalue weighted by molar-refractivity contribution is 8.00. The molecule has 0 amide bonds. The Kier molecular flexibility index (Phi) is 5.04. The number of pyridine rings is 1. The second kappa shape index (κ2) is 6.14. The van der Waals surface area contributed by atoms with Gasteiger partial charge in [-0.1, -0.05) is 0 Å². The minimum absolute atomic E-state index is 0.0115. The number of rotatable bonds is 5. The zero-order chi connectivity index (χ0) is 14.6. The third-order valence-corrected chi connectivity index (χ3v) is 2.96. The lowest BCUT2D eigenvalue weighted by Crippen LogP contribution is -2.14. The Morgan fingerprint density at radius 3 is 2.63 bits per heavy atom. The van der Waals surface area contributed by atoms with Gasteiger partial charge in [0.25, 0.3) is 0 Å². The minimum Gasteiger partial charge on any atom is -0.478 e. The first-order valence-corrected chi connectivity index (χ1v) is 6.35. The number of hydrogen-bond donors (Lipinski definition) is 2. The maximum atomic E-state index is 11.9. The highest BCUT2D eigenvalue weighted by Gasteiger charge is 2.27. The molecule has 1 aromatic rings. The van der Waals surface area contributed by atoms with Crippen molar-refractivity contribution in [1.82, 2.24) is 4.98 Å². The van der Waals surface area contributed by atoms with Crippen LogP contribution >= 0.6 is 11.8 Å². The number of thioether (sulfide) groups is 1. The molecule has 0 spiro atoms. The van der Waals surface area contributed by atoms with Crippen LogP contribution in [0.4, 0.5) is 18.9 Å². The number of carbonyl (C=O) groups is 1. The Balaban J connectivity index is 2.75. The molecule has 0 aliphatic heterocycles. The molecule has 0 atom stereocenters. The van der Waals surface area contributed by atoms with Gasteiger partial charge in [0, 0.05) is 18.0 Å². The molecule has 1 aromatic heterocycles. The summed E-state index contributed by atoms with van der Waals surface area (Å²) >= 11 is -0.150. The fourth-order valence-corrected chi connectivity index (χ4v) is 2.03. The molecular weight excluding hydrogens is 281 g/mol. The molecule has 0 saturated heterocycles. The number of anilines is 1. The second-order valence-electron chi connectivity index (χ2n) is 3.80. The lowest BCUT2D eigenvalue weighted by Gasteiger charge is -2.12. The van der Waals surface area contributed by atoms with Gasteiger partial charge >= 0.3 is 11.5 Å². The molecule has 1 rings (SSSR count). The van der Waals surface area contributed by atoms with Crippen LogP contribution in [0.15, 0.2) is 6.07 Å². The van der Waals surface area contributed by atoms with Gasteiger partial charge in [-0.05, 0) is 31.7 Å². The van der Waals surface area contributed by atoms with Gasteiger partial charge in [0.15, 0.2) is 0 Å². The van der Waals surface area contributed by atoms with E-state index in [9.17, 15) is 18.0 Å². The van der Waals surface area contributed by atoms with Gasteiger partial charge in [-0.25, -0.2) is 4.79 Å². The highest BCUT2D eigenvalue weighted by atomic mass is 32.2. The minimum atomic E-state index is -4.28. The number of aryl methyl sites for hydroxylation is 2. The van der Waals surface area contributed by atoms with E-state index in [0.29, 0.717) is 17.1 Å². The van der Waals surface area contributed by atoms with E-state index in [1.165, 1.54) is 6.07 Å². The molecule has 4 nitrogen and oxygen atoms in total. The van der Waals surface area contributed by atoms with Gasteiger partial charge in [0.1, 0.15) is 5.56 Å². The van der Waals surface area contributed by atoms with E-state index in [1.807, 2.05) is 0 Å². The van der Waals surface area contributed by atoms with E-state index < -0.39 is 11.5 Å². The van der Waals surface area contributed by atoms with Crippen molar-refractivity contribution in [2.24, 2.45) is 0 Å². The smallest absolute Gasteiger partial charge is 0.441 e. The number of hydrogen-bond acceptors (Lipinski definition) is 4. The fraction of sp³-hybridized carbons (Fsp3) is 0.455. The molecule has 19 heavy (non-hydrogen) atoms. The molecule has 0 aliphatic carbocycles. The van der Waals surface area contributed by atoms with Gasteiger partial charge in [0.2, 0.25) is 0 Å². The van der Waals surface area contributed by atoms with E-state index in [0.717, 1.165) is 0 Å². The normalized spacial score (nSPS) is 11.4. The molecule has 0 aromatic carbocycles. The quantitative estimate of drug-likeness (QED) is 0.817. The van der Waals surface area contributed by atoms with E-state index in [1.54, 1.807) is 13.8 Å². The van der Waals surface area contributed by atoms with Crippen LogP contribution in [-0.4, -0.2) is 33.9 Å². The van der Waals surface area contributed by atoms with Crippen LogP contribution in [-0.2, 0) is 0 Å². The summed E-state index contributed by atoms with van der Waals surface area (Å²) in [7, 11) is 0. The number of carboxylic acids is 1. The first-order chi connectivity index (χ1) is 8.70. The summed E-state index contributed by atoms with van der Waals surface area (Å²) in [6.45, 7) is 3.26. The summed E-state index contributed by atoms with van der Waals surface area (Å²) in [6.07, 6.45) is 0. The summed E-state index contributed by atoms with van der Waals surface area (Å²) in [5, 5.41) is 11.8. The van der Waals surface area contributed by atoms with Gasteiger partial charge in [-0.2, -0.15) is 13.2 Å². The van der Waals surface area contributed by atoms with Gasteiger partial charge in [-0.3, -0.25) is 4.98 Å². The van der Waals surface area contributed by atoms with E-state index in [4.69, 9.17) is 5.11 Å². The topological polar surface area (TPSA) is 62.2 Å². The largest absolute Gasteiger partial charge is 0.478 e. The van der Waals surface area contributed by atoms with E-state index in [-0.39, 0.29) is 29.6 Å². The lowest BCUT2D eigenvalue weighted by atomic mass is 10.1. The van der Waals surface area contributed by atoms with Crippen LogP contribution in [0.3, 0.4) is 0 Å². The SMILES string of the molecule is Cc1cc(NCCSC(F)(F)F)c(C(=O)O)c(C)n1. The van der Waals surface area contributed by atoms with Gasteiger partial charge in [-0.15, -0.1) is 0 Å². The third-order valence-electron chi connectivity index (χ3n) is 2.23. The van der Waals surface area contributed by atoms with Crippen molar-refractivity contribution in [2.75, 3.05) is 17.6 Å². The number of alkyl halides is 3. The third kappa shape index (κ3) is 4.98. The molecule has 106 valence electrons. The molecule has 0 bridgehead atoms. The lowest BCUT2D eigenvalue weighted by molar-refractivity contribution is -0.0327. The summed E-state index contributed by atoms with van der Waals surface area (Å²) in [6, 6.07) is 1.51. The van der Waals surface area contributed by atoms with Crippen molar-refractivity contribution in [3.63, 3.8) is 0 Å². The maximum Gasteiger partial charge on any atom is 0.441 e. The molecule has 0 aliphatic rings. The average molecular weight is 294 g/mol. The fourth-order valence-electron chi connectivity index (χ4n) is 1.59. The van der Waals surface area contributed by atoms with Crippen LogP contribution in [0.1, 0.15) is 21.7 Å². The van der Waals surface area contributed by atoms with Crippen LogP contribution in [0, 0.1) is 13.8 Å². The number of nitrogens with zero attached hydrogens (tertiary/aromatic N) is 1. The monoisotopic (exact) mass is 294 g/mol. The van der Waals surface area contributed by atoms with Crippen molar-refractivity contribution in [1.29, 1.82) is 0 Å². The van der Waals surface area contributed by atoms with Crippen molar-refractivity contribution >= 4 is 23.4 Å². The second-order valence-corrected chi connectivity index (χ2v) is 4.96. The van der Waals surface area contributed by atoms with Crippen LogP contribution in [0.5, 0.6) is 0 Å². The Morgan fingerprint density at radius 1 is 1.47 bits per heavy atom. The summed E-state index contributed by atoms with van der Waals surface area (Å²) in [4.78, 5) is 15.1. The predicted molar refractivity (Wildman–Crippen MR) is 67.7 cm³/mol. The molecule has 0 radical (unpaired) electrons. The molecule has 2 N–H and O–H groups in total. The van der Waals surface area contributed by atoms with Crippen molar-refractivity contribution in [3.8, 4) is 0 Å². The first-order valence-electron chi connectivity index (χ1n) is 5.37.